The van der Waals surface area contributed by atoms with Crippen LogP contribution >= 0.6 is 11.3 Å². The molecule has 5 heteroatoms. The molecule has 0 fully saturated rings. The molecule has 0 saturated carbocycles. The third-order valence-electron chi connectivity index (χ3n) is 10.6. The summed E-state index contributed by atoms with van der Waals surface area (Å²) in [5, 5.41) is 2.25. The van der Waals surface area contributed by atoms with Gasteiger partial charge in [0.1, 0.15) is 11.2 Å². The molecule has 2 aromatic heterocycles. The summed E-state index contributed by atoms with van der Waals surface area (Å²) in [7, 11) is 0. The lowest BCUT2D eigenvalue weighted by Crippen LogP contribution is -2.11. The molecule has 11 rings (SSSR count). The van der Waals surface area contributed by atoms with E-state index in [1.54, 1.807) is 11.3 Å². The number of anilines is 3. The van der Waals surface area contributed by atoms with Crippen molar-refractivity contribution < 1.29 is 13.9 Å². The molecule has 0 N–H and O–H groups in total. The highest BCUT2D eigenvalue weighted by atomic mass is 32.1. The molecule has 4 nitrogen and oxygen atoms in total. The van der Waals surface area contributed by atoms with Crippen molar-refractivity contribution in [2.45, 2.75) is 0 Å². The lowest BCUT2D eigenvalue weighted by molar-refractivity contribution is 0.364. The lowest BCUT2D eigenvalue weighted by Gasteiger charge is -2.28. The Bertz CT molecular complexity index is 3060. The van der Waals surface area contributed by atoms with Gasteiger partial charge in [0.05, 0.1) is 15.4 Å². The average Bonchev–Trinajstić information content (AvgIpc) is 3.86. The van der Waals surface area contributed by atoms with E-state index in [-0.39, 0.29) is 0 Å². The van der Waals surface area contributed by atoms with Gasteiger partial charge in [0.2, 0.25) is 0 Å². The Morgan fingerprint density at radius 1 is 0.368 bits per heavy atom. The van der Waals surface area contributed by atoms with E-state index in [2.05, 4.69) is 163 Å². The van der Waals surface area contributed by atoms with E-state index in [0.717, 1.165) is 99.4 Å². The number of furan rings is 1. The predicted molar refractivity (Wildman–Crippen MR) is 235 cm³/mol. The summed E-state index contributed by atoms with van der Waals surface area (Å²) in [6.07, 6.45) is 0. The Kier molecular flexibility index (Phi) is 7.97. The molecule has 0 atom stereocenters. The Balaban J connectivity index is 1.02. The summed E-state index contributed by atoms with van der Waals surface area (Å²) in [5.74, 6) is 2.92. The van der Waals surface area contributed by atoms with Crippen molar-refractivity contribution in [1.29, 1.82) is 0 Å². The highest BCUT2D eigenvalue weighted by Crippen LogP contribution is 2.59. The summed E-state index contributed by atoms with van der Waals surface area (Å²) in [6, 6.07) is 69.6. The first-order chi connectivity index (χ1) is 28.3. The van der Waals surface area contributed by atoms with Gasteiger partial charge >= 0.3 is 0 Å². The number of hydrogen-bond donors (Lipinski definition) is 0. The van der Waals surface area contributed by atoms with E-state index in [0.29, 0.717) is 5.75 Å². The van der Waals surface area contributed by atoms with E-state index >= 15 is 0 Å². The summed E-state index contributed by atoms with van der Waals surface area (Å²) >= 11 is 1.69. The molecule has 0 amide bonds. The first-order valence-electron chi connectivity index (χ1n) is 19.0. The number of fused-ring (bicyclic) bond motifs is 5. The number of benzene rings is 8. The number of hydrogen-bond acceptors (Lipinski definition) is 5. The quantitative estimate of drug-likeness (QED) is 0.162. The van der Waals surface area contributed by atoms with Crippen molar-refractivity contribution in [2.75, 3.05) is 4.90 Å². The molecule has 3 heterocycles. The van der Waals surface area contributed by atoms with Gasteiger partial charge in [-0.15, -0.1) is 11.3 Å². The van der Waals surface area contributed by atoms with Crippen LogP contribution in [0.15, 0.2) is 205 Å². The number of thiophene rings is 1. The Hall–Kier alpha value is -7.34. The van der Waals surface area contributed by atoms with Crippen molar-refractivity contribution in [1.82, 2.24) is 0 Å². The molecule has 1 aliphatic heterocycles. The fourth-order valence-corrected chi connectivity index (χ4v) is 9.04. The molecule has 0 saturated heterocycles. The van der Waals surface area contributed by atoms with Crippen LogP contribution in [0.2, 0.25) is 0 Å². The van der Waals surface area contributed by atoms with E-state index in [1.165, 1.54) is 0 Å². The van der Waals surface area contributed by atoms with Crippen molar-refractivity contribution >= 4 is 50.3 Å². The first kappa shape index (κ1) is 33.0. The molecular formula is C52H33NO3S. The van der Waals surface area contributed by atoms with Gasteiger partial charge in [-0.05, 0) is 70.8 Å². The van der Waals surface area contributed by atoms with Crippen LogP contribution in [-0.4, -0.2) is 0 Å². The van der Waals surface area contributed by atoms with Gasteiger partial charge in [0.25, 0.3) is 0 Å². The largest absolute Gasteiger partial charge is 0.455 e. The summed E-state index contributed by atoms with van der Waals surface area (Å²) in [5.41, 5.74) is 11.5. The zero-order valence-electron chi connectivity index (χ0n) is 30.6. The third-order valence-corrected chi connectivity index (χ3v) is 11.8. The number of para-hydroxylation sites is 5. The highest BCUT2D eigenvalue weighted by molar-refractivity contribution is 7.19. The Labute approximate surface area is 334 Å². The molecular weight excluding hydrogens is 719 g/mol. The summed E-state index contributed by atoms with van der Waals surface area (Å²) < 4.78 is 19.6. The lowest BCUT2D eigenvalue weighted by atomic mass is 10.00. The minimum absolute atomic E-state index is 0.712. The maximum absolute atomic E-state index is 6.61. The molecule has 8 aromatic carbocycles. The van der Waals surface area contributed by atoms with Crippen LogP contribution in [0.5, 0.6) is 23.0 Å². The van der Waals surface area contributed by atoms with Crippen LogP contribution in [0.25, 0.3) is 65.1 Å². The second-order valence-electron chi connectivity index (χ2n) is 14.0. The van der Waals surface area contributed by atoms with Crippen molar-refractivity contribution in [2.24, 2.45) is 0 Å². The van der Waals surface area contributed by atoms with Gasteiger partial charge in [-0.3, -0.25) is 0 Å². The minimum Gasteiger partial charge on any atom is -0.455 e. The average molecular weight is 752 g/mol. The van der Waals surface area contributed by atoms with Gasteiger partial charge in [-0.1, -0.05) is 152 Å². The standard InChI is InChI=1S/C52H33NO3S/c1-3-14-34(15-4-1)40-18-7-9-22-44(40)53(38-30-26-35(27-31-38)41-20-13-21-43-42-19-8-10-23-45(42)54-48(41)43)39-32-28-37(29-33-39)52-50-49(51(57-52)36-16-5-2-6-17-36)55-46-24-11-12-25-47(46)56-50/h1-33H. The molecule has 0 unspecified atom stereocenters. The van der Waals surface area contributed by atoms with Gasteiger partial charge in [-0.25, -0.2) is 0 Å². The second kappa shape index (κ2) is 13.7. The predicted octanol–water partition coefficient (Wildman–Crippen LogP) is 15.7. The van der Waals surface area contributed by atoms with Gasteiger partial charge < -0.3 is 18.8 Å². The fraction of sp³-hybridized carbons (Fsp3) is 0. The normalized spacial score (nSPS) is 11.8. The Morgan fingerprint density at radius 2 is 0.860 bits per heavy atom. The Morgan fingerprint density at radius 3 is 1.54 bits per heavy atom. The van der Waals surface area contributed by atoms with Crippen LogP contribution in [0.1, 0.15) is 0 Å². The minimum atomic E-state index is 0.712. The molecule has 0 aliphatic carbocycles. The van der Waals surface area contributed by atoms with Gasteiger partial charge in [0, 0.05) is 33.3 Å². The van der Waals surface area contributed by atoms with Crippen molar-refractivity contribution in [3.8, 4) is 66.1 Å². The monoisotopic (exact) mass is 751 g/mol. The highest BCUT2D eigenvalue weighted by Gasteiger charge is 2.30. The van der Waals surface area contributed by atoms with E-state index < -0.39 is 0 Å². The number of nitrogens with zero attached hydrogens (tertiary/aromatic N) is 1. The molecule has 0 spiro atoms. The molecule has 270 valence electrons. The first-order valence-corrected chi connectivity index (χ1v) is 19.8. The van der Waals surface area contributed by atoms with Gasteiger partial charge in [-0.2, -0.15) is 0 Å². The molecule has 0 bridgehead atoms. The van der Waals surface area contributed by atoms with E-state index in [9.17, 15) is 0 Å². The molecule has 10 aromatic rings. The van der Waals surface area contributed by atoms with Crippen molar-refractivity contribution in [3.05, 3.63) is 200 Å². The number of ether oxygens (including phenoxy) is 2. The molecule has 0 radical (unpaired) electrons. The zero-order chi connectivity index (χ0) is 37.7. The zero-order valence-corrected chi connectivity index (χ0v) is 31.4. The fourth-order valence-electron chi connectivity index (χ4n) is 7.88. The SMILES string of the molecule is c1ccc(-c2ccccc2N(c2ccc(-c3sc(-c4ccccc4)c4c3Oc3ccccc3O4)cc2)c2ccc(-c3cccc4c3oc3ccccc34)cc2)cc1. The topological polar surface area (TPSA) is 34.8 Å². The number of rotatable bonds is 7. The maximum atomic E-state index is 6.61. The second-order valence-corrected chi connectivity index (χ2v) is 15.0. The van der Waals surface area contributed by atoms with Crippen LogP contribution in [0.3, 0.4) is 0 Å². The van der Waals surface area contributed by atoms with Crippen molar-refractivity contribution in [3.63, 3.8) is 0 Å². The smallest absolute Gasteiger partial charge is 0.189 e. The van der Waals surface area contributed by atoms with Gasteiger partial charge in [0.15, 0.2) is 23.0 Å². The van der Waals surface area contributed by atoms with E-state index in [1.807, 2.05) is 42.5 Å². The summed E-state index contributed by atoms with van der Waals surface area (Å²) in [6.45, 7) is 0. The van der Waals surface area contributed by atoms with Crippen LogP contribution in [-0.2, 0) is 0 Å². The summed E-state index contributed by atoms with van der Waals surface area (Å²) in [4.78, 5) is 4.40. The van der Waals surface area contributed by atoms with Crippen LogP contribution in [0, 0.1) is 0 Å². The molecule has 1 aliphatic rings. The maximum Gasteiger partial charge on any atom is 0.189 e. The molecule has 57 heavy (non-hydrogen) atoms. The van der Waals surface area contributed by atoms with E-state index in [4.69, 9.17) is 13.9 Å². The van der Waals surface area contributed by atoms with Crippen LogP contribution < -0.4 is 14.4 Å². The third kappa shape index (κ3) is 5.76. The van der Waals surface area contributed by atoms with Crippen LogP contribution in [0.4, 0.5) is 17.1 Å².